The Kier molecular flexibility index (Phi) is 4.04. The van der Waals surface area contributed by atoms with Crippen molar-refractivity contribution in [1.82, 2.24) is 5.32 Å². The van der Waals surface area contributed by atoms with Gasteiger partial charge in [0.2, 0.25) is 0 Å². The number of rotatable bonds is 1. The Morgan fingerprint density at radius 1 is 1.24 bits per heavy atom. The molecule has 2 aliphatic rings. The van der Waals surface area contributed by atoms with Crippen LogP contribution >= 0.6 is 0 Å². The number of nitrogens with one attached hydrogen (secondary N) is 1. The first-order chi connectivity index (χ1) is 10.1. The first-order valence-corrected chi connectivity index (χ1v) is 7.97. The quantitative estimate of drug-likeness (QED) is 0.858. The van der Waals surface area contributed by atoms with Crippen molar-refractivity contribution >= 4 is 11.7 Å². The molecule has 0 atom stereocenters. The molecule has 1 aliphatic heterocycles. The average Bonchev–Trinajstić information content (AvgIpc) is 2.47. The number of anilines is 1. The molecule has 0 radical (unpaired) electrons. The number of benzene rings is 1. The first kappa shape index (κ1) is 14.2. The molecular formula is C17H24N2O2. The summed E-state index contributed by atoms with van der Waals surface area (Å²) in [6, 6.07) is 4.48. The number of carbonyl (C=O) groups is 1. The summed E-state index contributed by atoms with van der Waals surface area (Å²) in [7, 11) is 0. The number of amides is 2. The van der Waals surface area contributed by atoms with Gasteiger partial charge >= 0.3 is 6.03 Å². The van der Waals surface area contributed by atoms with Crippen LogP contribution in [0.2, 0.25) is 0 Å². The van der Waals surface area contributed by atoms with Crippen molar-refractivity contribution in [3.8, 4) is 5.75 Å². The molecular weight excluding hydrogens is 264 g/mol. The standard InChI is InChI=1S/C17H24N2O2/c1-12-10-13(2)16-15(11-12)21-9-8-19(16)17(20)18-14-6-4-3-5-7-14/h10-11,14H,3-9H2,1-2H3,(H,18,20). The average molecular weight is 288 g/mol. The SMILES string of the molecule is Cc1cc(C)c2c(c1)OCCN2C(=O)NC1CCCCC1. The summed E-state index contributed by atoms with van der Waals surface area (Å²) < 4.78 is 5.73. The lowest BCUT2D eigenvalue weighted by molar-refractivity contribution is 0.232. The molecule has 1 N–H and O–H groups in total. The number of aryl methyl sites for hydroxylation is 2. The Morgan fingerprint density at radius 2 is 2.00 bits per heavy atom. The van der Waals surface area contributed by atoms with Crippen LogP contribution in [0.1, 0.15) is 43.2 Å². The third kappa shape index (κ3) is 2.99. The molecule has 3 rings (SSSR count). The second kappa shape index (κ2) is 5.96. The molecule has 1 aliphatic carbocycles. The molecule has 4 heteroatoms. The number of fused-ring (bicyclic) bond motifs is 1. The normalized spacial score (nSPS) is 18.9. The van der Waals surface area contributed by atoms with Gasteiger partial charge in [0.1, 0.15) is 12.4 Å². The summed E-state index contributed by atoms with van der Waals surface area (Å²) in [4.78, 5) is 14.5. The Bertz CT molecular complexity index is 536. The molecule has 4 nitrogen and oxygen atoms in total. The van der Waals surface area contributed by atoms with Crippen LogP contribution in [0.15, 0.2) is 12.1 Å². The number of hydrogen-bond donors (Lipinski definition) is 1. The zero-order valence-corrected chi connectivity index (χ0v) is 12.9. The maximum Gasteiger partial charge on any atom is 0.322 e. The van der Waals surface area contributed by atoms with E-state index >= 15 is 0 Å². The van der Waals surface area contributed by atoms with Crippen LogP contribution < -0.4 is 15.0 Å². The van der Waals surface area contributed by atoms with E-state index in [-0.39, 0.29) is 6.03 Å². The Hall–Kier alpha value is -1.71. The lowest BCUT2D eigenvalue weighted by Gasteiger charge is -2.33. The summed E-state index contributed by atoms with van der Waals surface area (Å²) >= 11 is 0. The number of ether oxygens (including phenoxy) is 1. The lowest BCUT2D eigenvalue weighted by atomic mass is 9.96. The molecule has 1 aromatic rings. The van der Waals surface area contributed by atoms with E-state index in [1.807, 2.05) is 17.9 Å². The topological polar surface area (TPSA) is 41.6 Å². The fourth-order valence-corrected chi connectivity index (χ4v) is 3.44. The van der Waals surface area contributed by atoms with Gasteiger partial charge in [-0.3, -0.25) is 4.90 Å². The molecule has 0 aromatic heterocycles. The summed E-state index contributed by atoms with van der Waals surface area (Å²) in [6.07, 6.45) is 5.96. The van der Waals surface area contributed by atoms with Crippen molar-refractivity contribution in [3.05, 3.63) is 23.3 Å². The van der Waals surface area contributed by atoms with Gasteiger partial charge in [0, 0.05) is 6.04 Å². The fraction of sp³-hybridized carbons (Fsp3) is 0.588. The van der Waals surface area contributed by atoms with Crippen molar-refractivity contribution < 1.29 is 9.53 Å². The largest absolute Gasteiger partial charge is 0.490 e. The second-order valence-electron chi connectivity index (χ2n) is 6.21. The van der Waals surface area contributed by atoms with Gasteiger partial charge < -0.3 is 10.1 Å². The van der Waals surface area contributed by atoms with Gasteiger partial charge in [-0.1, -0.05) is 25.3 Å². The zero-order chi connectivity index (χ0) is 14.8. The number of nitrogens with zero attached hydrogens (tertiary/aromatic N) is 1. The molecule has 1 fully saturated rings. The van der Waals surface area contributed by atoms with Gasteiger partial charge in [0.25, 0.3) is 0 Å². The minimum Gasteiger partial charge on any atom is -0.490 e. The van der Waals surface area contributed by atoms with Gasteiger partial charge in [0.05, 0.1) is 12.2 Å². The van der Waals surface area contributed by atoms with Crippen molar-refractivity contribution in [2.75, 3.05) is 18.1 Å². The van der Waals surface area contributed by atoms with E-state index in [2.05, 4.69) is 18.3 Å². The van der Waals surface area contributed by atoms with Crippen molar-refractivity contribution in [3.63, 3.8) is 0 Å². The van der Waals surface area contributed by atoms with E-state index in [9.17, 15) is 4.79 Å². The van der Waals surface area contributed by atoms with Gasteiger partial charge in [-0.25, -0.2) is 4.79 Å². The van der Waals surface area contributed by atoms with Crippen molar-refractivity contribution in [1.29, 1.82) is 0 Å². The van der Waals surface area contributed by atoms with E-state index in [1.54, 1.807) is 0 Å². The summed E-state index contributed by atoms with van der Waals surface area (Å²) in [6.45, 7) is 5.28. The third-order valence-electron chi connectivity index (χ3n) is 4.43. The summed E-state index contributed by atoms with van der Waals surface area (Å²) in [5.41, 5.74) is 3.20. The van der Waals surface area contributed by atoms with Crippen LogP contribution in [0.25, 0.3) is 0 Å². The lowest BCUT2D eigenvalue weighted by Crippen LogP contribution is -2.48. The van der Waals surface area contributed by atoms with Crippen LogP contribution in [0, 0.1) is 13.8 Å². The van der Waals surface area contributed by atoms with Gasteiger partial charge in [-0.15, -0.1) is 0 Å². The third-order valence-corrected chi connectivity index (χ3v) is 4.43. The molecule has 1 aromatic carbocycles. The highest BCUT2D eigenvalue weighted by Crippen LogP contribution is 2.36. The van der Waals surface area contributed by atoms with E-state index < -0.39 is 0 Å². The predicted octanol–water partition coefficient (Wildman–Crippen LogP) is 3.54. The van der Waals surface area contributed by atoms with Crippen molar-refractivity contribution in [2.45, 2.75) is 52.0 Å². The number of hydrogen-bond acceptors (Lipinski definition) is 2. The van der Waals surface area contributed by atoms with Crippen LogP contribution in [0.3, 0.4) is 0 Å². The van der Waals surface area contributed by atoms with E-state index in [0.29, 0.717) is 19.2 Å². The highest BCUT2D eigenvalue weighted by atomic mass is 16.5. The molecule has 21 heavy (non-hydrogen) atoms. The van der Waals surface area contributed by atoms with Crippen LogP contribution in [-0.2, 0) is 0 Å². The van der Waals surface area contributed by atoms with E-state index in [4.69, 9.17) is 4.74 Å². The molecule has 0 saturated heterocycles. The van der Waals surface area contributed by atoms with Crippen LogP contribution in [-0.4, -0.2) is 25.2 Å². The van der Waals surface area contributed by atoms with Crippen molar-refractivity contribution in [2.24, 2.45) is 0 Å². The molecule has 114 valence electrons. The molecule has 0 spiro atoms. The molecule has 1 heterocycles. The number of carbonyl (C=O) groups excluding carboxylic acids is 1. The molecule has 1 saturated carbocycles. The maximum absolute atomic E-state index is 12.6. The minimum atomic E-state index is 0.0263. The minimum absolute atomic E-state index is 0.0263. The highest BCUT2D eigenvalue weighted by Gasteiger charge is 2.27. The van der Waals surface area contributed by atoms with E-state index in [0.717, 1.165) is 29.8 Å². The zero-order valence-electron chi connectivity index (χ0n) is 12.9. The molecule has 2 amide bonds. The van der Waals surface area contributed by atoms with E-state index in [1.165, 1.54) is 24.8 Å². The Balaban J connectivity index is 1.79. The first-order valence-electron chi connectivity index (χ1n) is 7.97. The van der Waals surface area contributed by atoms with Crippen LogP contribution in [0.5, 0.6) is 5.75 Å². The number of urea groups is 1. The fourth-order valence-electron chi connectivity index (χ4n) is 3.44. The van der Waals surface area contributed by atoms with Gasteiger partial charge in [-0.05, 0) is 43.9 Å². The smallest absolute Gasteiger partial charge is 0.322 e. The Labute approximate surface area is 126 Å². The molecule has 0 unspecified atom stereocenters. The summed E-state index contributed by atoms with van der Waals surface area (Å²) in [5, 5.41) is 3.20. The Morgan fingerprint density at radius 3 is 2.76 bits per heavy atom. The summed E-state index contributed by atoms with van der Waals surface area (Å²) in [5.74, 6) is 0.831. The monoisotopic (exact) mass is 288 g/mol. The highest BCUT2D eigenvalue weighted by molar-refractivity contribution is 5.95. The van der Waals surface area contributed by atoms with Crippen LogP contribution in [0.4, 0.5) is 10.5 Å². The predicted molar refractivity (Wildman–Crippen MR) is 84.2 cm³/mol. The second-order valence-corrected chi connectivity index (χ2v) is 6.21. The van der Waals surface area contributed by atoms with Gasteiger partial charge in [0.15, 0.2) is 0 Å². The molecule has 0 bridgehead atoms. The van der Waals surface area contributed by atoms with Gasteiger partial charge in [-0.2, -0.15) is 0 Å². The maximum atomic E-state index is 12.6.